The maximum Gasteiger partial charge on any atom is 0.294 e. The molecule has 2 N–H and O–H groups in total. The Kier molecular flexibility index (Phi) is 4.53. The van der Waals surface area contributed by atoms with Gasteiger partial charge in [-0.25, -0.2) is 0 Å². The van der Waals surface area contributed by atoms with Gasteiger partial charge in [-0.2, -0.15) is 8.42 Å². The van der Waals surface area contributed by atoms with Crippen molar-refractivity contribution in [2.45, 2.75) is 18.7 Å². The molecule has 0 fully saturated rings. The van der Waals surface area contributed by atoms with E-state index in [0.717, 1.165) is 5.70 Å². The SMILES string of the molecule is CC1=COCN1.Cc1ccccc1S(=O)(=O)O. The number of ether oxygens (including phenoxy) is 1. The van der Waals surface area contributed by atoms with Crippen molar-refractivity contribution in [1.82, 2.24) is 5.32 Å². The first-order valence-corrected chi connectivity index (χ1v) is 6.40. The number of nitrogens with one attached hydrogen (secondary N) is 1. The summed E-state index contributed by atoms with van der Waals surface area (Å²) in [5.41, 5.74) is 1.66. The van der Waals surface area contributed by atoms with E-state index >= 15 is 0 Å². The summed E-state index contributed by atoms with van der Waals surface area (Å²) in [6, 6.07) is 6.27. The lowest BCUT2D eigenvalue weighted by atomic mass is 10.2. The second-order valence-electron chi connectivity index (χ2n) is 3.53. The van der Waals surface area contributed by atoms with Gasteiger partial charge in [-0.05, 0) is 25.5 Å². The second kappa shape index (κ2) is 5.70. The Morgan fingerprint density at radius 3 is 2.24 bits per heavy atom. The first kappa shape index (κ1) is 13.5. The van der Waals surface area contributed by atoms with Gasteiger partial charge < -0.3 is 10.1 Å². The number of aryl methyl sites for hydroxylation is 1. The number of hydrogen-bond acceptors (Lipinski definition) is 4. The van der Waals surface area contributed by atoms with E-state index in [1.165, 1.54) is 6.07 Å². The fourth-order valence-corrected chi connectivity index (χ4v) is 1.94. The molecule has 5 nitrogen and oxygen atoms in total. The van der Waals surface area contributed by atoms with Crippen LogP contribution in [-0.4, -0.2) is 19.7 Å². The Labute approximate surface area is 101 Å². The Balaban J connectivity index is 0.000000202. The van der Waals surface area contributed by atoms with Crippen LogP contribution in [0, 0.1) is 6.92 Å². The lowest BCUT2D eigenvalue weighted by molar-refractivity contribution is 0.267. The first-order chi connectivity index (χ1) is 7.91. The van der Waals surface area contributed by atoms with Crippen molar-refractivity contribution < 1.29 is 17.7 Å². The maximum atomic E-state index is 10.6. The molecule has 0 aromatic heterocycles. The van der Waals surface area contributed by atoms with E-state index in [4.69, 9.17) is 9.29 Å². The van der Waals surface area contributed by atoms with Crippen molar-refractivity contribution in [3.63, 3.8) is 0 Å². The van der Waals surface area contributed by atoms with Crippen molar-refractivity contribution in [3.8, 4) is 0 Å². The molecule has 0 saturated heterocycles. The molecule has 1 heterocycles. The summed E-state index contributed by atoms with van der Waals surface area (Å²) in [6.45, 7) is 4.24. The minimum absolute atomic E-state index is 0.0278. The van der Waals surface area contributed by atoms with E-state index in [9.17, 15) is 8.42 Å². The van der Waals surface area contributed by atoms with Gasteiger partial charge in [0.05, 0.1) is 4.90 Å². The molecule has 1 aromatic carbocycles. The van der Waals surface area contributed by atoms with E-state index in [-0.39, 0.29) is 4.90 Å². The van der Waals surface area contributed by atoms with E-state index in [0.29, 0.717) is 12.3 Å². The summed E-state index contributed by atoms with van der Waals surface area (Å²) < 4.78 is 34.6. The predicted octanol–water partition coefficient (Wildman–Crippen LogP) is 1.67. The molecular weight excluding hydrogens is 242 g/mol. The molecule has 0 spiro atoms. The zero-order valence-electron chi connectivity index (χ0n) is 9.67. The van der Waals surface area contributed by atoms with Gasteiger partial charge >= 0.3 is 0 Å². The van der Waals surface area contributed by atoms with Crippen molar-refractivity contribution in [2.24, 2.45) is 0 Å². The topological polar surface area (TPSA) is 75.6 Å². The van der Waals surface area contributed by atoms with Crippen molar-refractivity contribution >= 4 is 10.1 Å². The lowest BCUT2D eigenvalue weighted by Gasteiger charge is -1.99. The van der Waals surface area contributed by atoms with Crippen molar-refractivity contribution in [1.29, 1.82) is 0 Å². The quantitative estimate of drug-likeness (QED) is 0.748. The first-order valence-electron chi connectivity index (χ1n) is 4.96. The number of benzene rings is 1. The van der Waals surface area contributed by atoms with Gasteiger partial charge in [-0.15, -0.1) is 0 Å². The molecule has 0 bridgehead atoms. The van der Waals surface area contributed by atoms with E-state index < -0.39 is 10.1 Å². The zero-order chi connectivity index (χ0) is 12.9. The molecule has 6 heteroatoms. The van der Waals surface area contributed by atoms with Crippen LogP contribution in [0.4, 0.5) is 0 Å². The van der Waals surface area contributed by atoms with Gasteiger partial charge in [0, 0.05) is 5.70 Å². The molecule has 0 atom stereocenters. The molecule has 94 valence electrons. The van der Waals surface area contributed by atoms with Crippen LogP contribution >= 0.6 is 0 Å². The highest BCUT2D eigenvalue weighted by Gasteiger charge is 2.10. The minimum atomic E-state index is -4.03. The lowest BCUT2D eigenvalue weighted by Crippen LogP contribution is -2.04. The van der Waals surface area contributed by atoms with E-state index in [1.807, 2.05) is 6.92 Å². The number of hydrogen-bond donors (Lipinski definition) is 2. The average Bonchev–Trinajstić information content (AvgIpc) is 2.69. The Morgan fingerprint density at radius 1 is 1.29 bits per heavy atom. The van der Waals surface area contributed by atoms with Gasteiger partial charge in [0.2, 0.25) is 0 Å². The second-order valence-corrected chi connectivity index (χ2v) is 4.92. The molecule has 0 unspecified atom stereocenters. The smallest absolute Gasteiger partial charge is 0.294 e. The molecule has 1 aromatic rings. The van der Waals surface area contributed by atoms with Crippen molar-refractivity contribution in [2.75, 3.05) is 6.73 Å². The highest BCUT2D eigenvalue weighted by Crippen LogP contribution is 2.12. The van der Waals surface area contributed by atoms with Crippen molar-refractivity contribution in [3.05, 3.63) is 41.8 Å². The molecule has 0 saturated carbocycles. The highest BCUT2D eigenvalue weighted by atomic mass is 32.2. The van der Waals surface area contributed by atoms with E-state index in [1.54, 1.807) is 31.4 Å². The standard InChI is InChI=1S/C7H8O3S.C4H7NO/c1-6-4-2-3-5-7(6)11(8,9)10;1-4-2-6-3-5-4/h2-5H,1H3,(H,8,9,10);2,5H,3H2,1H3. The van der Waals surface area contributed by atoms with Gasteiger partial charge in [-0.1, -0.05) is 18.2 Å². The minimum Gasteiger partial charge on any atom is -0.479 e. The van der Waals surface area contributed by atoms with Crippen LogP contribution in [0.3, 0.4) is 0 Å². The Morgan fingerprint density at radius 2 is 1.94 bits per heavy atom. The summed E-state index contributed by atoms with van der Waals surface area (Å²) in [4.78, 5) is -0.0278. The van der Waals surface area contributed by atoms with E-state index in [2.05, 4.69) is 5.32 Å². The van der Waals surface area contributed by atoms with Crippen LogP contribution in [0.5, 0.6) is 0 Å². The third-order valence-electron chi connectivity index (χ3n) is 2.07. The summed E-state index contributed by atoms with van der Waals surface area (Å²) in [5, 5.41) is 2.96. The Bertz CT molecular complexity index is 508. The average molecular weight is 257 g/mol. The molecule has 17 heavy (non-hydrogen) atoms. The maximum absolute atomic E-state index is 10.6. The number of rotatable bonds is 1. The highest BCUT2D eigenvalue weighted by molar-refractivity contribution is 7.85. The summed E-state index contributed by atoms with van der Waals surface area (Å²) in [6.07, 6.45) is 1.71. The fraction of sp³-hybridized carbons (Fsp3) is 0.273. The van der Waals surface area contributed by atoms with Crippen LogP contribution in [-0.2, 0) is 14.9 Å². The molecule has 0 radical (unpaired) electrons. The molecule has 0 aliphatic carbocycles. The normalized spacial score (nSPS) is 13.9. The van der Waals surface area contributed by atoms with Crippen LogP contribution in [0.1, 0.15) is 12.5 Å². The fourth-order valence-electron chi connectivity index (χ4n) is 1.21. The predicted molar refractivity (Wildman–Crippen MR) is 63.8 cm³/mol. The van der Waals surface area contributed by atoms with Gasteiger partial charge in [0.15, 0.2) is 6.73 Å². The third kappa shape index (κ3) is 4.46. The summed E-state index contributed by atoms with van der Waals surface area (Å²) in [5.74, 6) is 0. The summed E-state index contributed by atoms with van der Waals surface area (Å²) in [7, 11) is -4.03. The van der Waals surface area contributed by atoms with Gasteiger partial charge in [0.25, 0.3) is 10.1 Å². The number of allylic oxidation sites excluding steroid dienone is 1. The third-order valence-corrected chi connectivity index (χ3v) is 3.08. The Hall–Kier alpha value is -1.53. The van der Waals surface area contributed by atoms with Crippen LogP contribution < -0.4 is 5.32 Å². The van der Waals surface area contributed by atoms with Gasteiger partial charge in [0.1, 0.15) is 6.26 Å². The monoisotopic (exact) mass is 257 g/mol. The molecular formula is C11H15NO4S. The largest absolute Gasteiger partial charge is 0.479 e. The summed E-state index contributed by atoms with van der Waals surface area (Å²) >= 11 is 0. The van der Waals surface area contributed by atoms with Crippen LogP contribution in [0.25, 0.3) is 0 Å². The van der Waals surface area contributed by atoms with Crippen LogP contribution in [0.2, 0.25) is 0 Å². The van der Waals surface area contributed by atoms with Crippen LogP contribution in [0.15, 0.2) is 41.1 Å². The molecule has 0 amide bonds. The molecule has 1 aliphatic rings. The molecule has 2 rings (SSSR count). The molecule has 1 aliphatic heterocycles. The van der Waals surface area contributed by atoms with Gasteiger partial charge in [-0.3, -0.25) is 4.55 Å². The zero-order valence-corrected chi connectivity index (χ0v) is 10.5.